The van der Waals surface area contributed by atoms with Crippen molar-refractivity contribution < 1.29 is 0 Å². The van der Waals surface area contributed by atoms with Crippen molar-refractivity contribution in [3.05, 3.63) is 51.9 Å². The van der Waals surface area contributed by atoms with Gasteiger partial charge >= 0.3 is 0 Å². The lowest BCUT2D eigenvalue weighted by molar-refractivity contribution is 0.794. The smallest absolute Gasteiger partial charge is 0.191 e. The van der Waals surface area contributed by atoms with E-state index >= 15 is 0 Å². The van der Waals surface area contributed by atoms with E-state index in [-0.39, 0.29) is 24.0 Å². The zero-order chi connectivity index (χ0) is 16.2. The summed E-state index contributed by atoms with van der Waals surface area (Å²) in [5, 5.41) is 9.64. The van der Waals surface area contributed by atoms with Crippen LogP contribution in [0.15, 0.2) is 34.9 Å². The molecule has 24 heavy (non-hydrogen) atoms. The fourth-order valence-electron chi connectivity index (χ4n) is 2.26. The fourth-order valence-corrected chi connectivity index (χ4v) is 2.97. The quantitative estimate of drug-likeness (QED) is 0.360. The standard InChI is InChI=1S/C16H20N6S.HI/c1-11-4-5-22-9-13(21-14(22)6-11)7-18-16(17-3)19-8-15-20-12(2)10-23-15;/h4-6,9-10H,7-8H2,1-3H3,(H2,17,18,19);1H. The van der Waals surface area contributed by atoms with Crippen molar-refractivity contribution in [1.82, 2.24) is 25.0 Å². The highest BCUT2D eigenvalue weighted by atomic mass is 127. The van der Waals surface area contributed by atoms with Gasteiger partial charge in [0.2, 0.25) is 0 Å². The first-order chi connectivity index (χ1) is 11.1. The van der Waals surface area contributed by atoms with Gasteiger partial charge in [-0.1, -0.05) is 0 Å². The predicted octanol–water partition coefficient (Wildman–Crippen LogP) is 2.89. The number of nitrogens with zero attached hydrogens (tertiary/aromatic N) is 4. The van der Waals surface area contributed by atoms with Gasteiger partial charge in [0.05, 0.1) is 18.8 Å². The number of guanidine groups is 1. The number of aryl methyl sites for hydroxylation is 2. The Morgan fingerprint density at radius 2 is 2.04 bits per heavy atom. The van der Waals surface area contributed by atoms with Crippen LogP contribution in [0.3, 0.4) is 0 Å². The van der Waals surface area contributed by atoms with E-state index in [2.05, 4.69) is 44.7 Å². The average Bonchev–Trinajstić information content (AvgIpc) is 3.12. The Balaban J connectivity index is 0.00000208. The number of imidazole rings is 1. The minimum absolute atomic E-state index is 0. The zero-order valence-electron chi connectivity index (χ0n) is 13.9. The summed E-state index contributed by atoms with van der Waals surface area (Å²) < 4.78 is 2.03. The summed E-state index contributed by atoms with van der Waals surface area (Å²) in [5.74, 6) is 0.742. The van der Waals surface area contributed by atoms with Crippen LogP contribution in [-0.4, -0.2) is 27.4 Å². The lowest BCUT2D eigenvalue weighted by atomic mass is 10.3. The highest BCUT2D eigenvalue weighted by molar-refractivity contribution is 14.0. The Bertz CT molecular complexity index is 838. The molecule has 8 heteroatoms. The summed E-state index contributed by atoms with van der Waals surface area (Å²) in [5.41, 5.74) is 4.19. The molecule has 6 nitrogen and oxygen atoms in total. The van der Waals surface area contributed by atoms with Crippen molar-refractivity contribution in [1.29, 1.82) is 0 Å². The van der Waals surface area contributed by atoms with Gasteiger partial charge < -0.3 is 15.0 Å². The molecule has 0 amide bonds. The number of nitrogens with one attached hydrogen (secondary N) is 2. The maximum Gasteiger partial charge on any atom is 0.191 e. The Kier molecular flexibility index (Phi) is 6.55. The van der Waals surface area contributed by atoms with Crippen molar-refractivity contribution in [2.75, 3.05) is 7.05 Å². The molecule has 0 bridgehead atoms. The number of pyridine rings is 1. The lowest BCUT2D eigenvalue weighted by Gasteiger charge is -2.09. The second-order valence-electron chi connectivity index (χ2n) is 5.36. The summed E-state index contributed by atoms with van der Waals surface area (Å²) in [6.07, 6.45) is 4.05. The van der Waals surface area contributed by atoms with Crippen LogP contribution >= 0.6 is 35.3 Å². The molecule has 0 aromatic carbocycles. The number of aliphatic imine (C=N–C) groups is 1. The average molecular weight is 456 g/mol. The number of halogens is 1. The first-order valence-electron chi connectivity index (χ1n) is 7.44. The monoisotopic (exact) mass is 456 g/mol. The number of hydrogen-bond donors (Lipinski definition) is 2. The van der Waals surface area contributed by atoms with Crippen LogP contribution in [-0.2, 0) is 13.1 Å². The number of thiazole rings is 1. The molecule has 3 heterocycles. The Hall–Kier alpha value is -1.68. The van der Waals surface area contributed by atoms with Gasteiger partial charge in [-0.2, -0.15) is 0 Å². The Morgan fingerprint density at radius 1 is 1.25 bits per heavy atom. The maximum absolute atomic E-state index is 4.61. The molecule has 0 aliphatic rings. The third-order valence-corrected chi connectivity index (χ3v) is 4.37. The molecule has 0 saturated carbocycles. The normalized spacial score (nSPS) is 11.4. The minimum Gasteiger partial charge on any atom is -0.351 e. The number of hydrogen-bond acceptors (Lipinski definition) is 4. The molecule has 0 aliphatic carbocycles. The van der Waals surface area contributed by atoms with Gasteiger partial charge in [-0.3, -0.25) is 4.99 Å². The van der Waals surface area contributed by atoms with E-state index in [0.717, 1.165) is 28.0 Å². The van der Waals surface area contributed by atoms with Crippen LogP contribution in [0.4, 0.5) is 0 Å². The van der Waals surface area contributed by atoms with Crippen molar-refractivity contribution in [3.63, 3.8) is 0 Å². The second kappa shape index (κ2) is 8.43. The Labute approximate surface area is 162 Å². The van der Waals surface area contributed by atoms with E-state index in [1.807, 2.05) is 29.1 Å². The fraction of sp³-hybridized carbons (Fsp3) is 0.312. The highest BCUT2D eigenvalue weighted by Gasteiger charge is 2.04. The number of aromatic nitrogens is 3. The van der Waals surface area contributed by atoms with Crippen LogP contribution in [0.25, 0.3) is 5.65 Å². The molecule has 128 valence electrons. The maximum atomic E-state index is 4.61. The second-order valence-corrected chi connectivity index (χ2v) is 6.31. The van der Waals surface area contributed by atoms with Crippen molar-refractivity contribution in [2.45, 2.75) is 26.9 Å². The summed E-state index contributed by atoms with van der Waals surface area (Å²) in [6.45, 7) is 5.36. The van der Waals surface area contributed by atoms with Gasteiger partial charge in [0.1, 0.15) is 10.7 Å². The topological polar surface area (TPSA) is 66.6 Å². The molecule has 0 aliphatic heterocycles. The summed E-state index contributed by atoms with van der Waals surface area (Å²) in [4.78, 5) is 13.3. The van der Waals surface area contributed by atoms with E-state index in [1.54, 1.807) is 18.4 Å². The van der Waals surface area contributed by atoms with E-state index in [4.69, 9.17) is 0 Å². The van der Waals surface area contributed by atoms with E-state index < -0.39 is 0 Å². The summed E-state index contributed by atoms with van der Waals surface area (Å²) in [6, 6.07) is 4.14. The first kappa shape index (κ1) is 18.7. The van der Waals surface area contributed by atoms with Crippen molar-refractivity contribution in [3.8, 4) is 0 Å². The van der Waals surface area contributed by atoms with Crippen molar-refractivity contribution in [2.24, 2.45) is 4.99 Å². The highest BCUT2D eigenvalue weighted by Crippen LogP contribution is 2.08. The molecule has 3 aromatic heterocycles. The van der Waals surface area contributed by atoms with E-state index in [1.165, 1.54) is 5.56 Å². The molecule has 2 N–H and O–H groups in total. The van der Waals surface area contributed by atoms with Gasteiger partial charge in [0, 0.05) is 30.5 Å². The van der Waals surface area contributed by atoms with Crippen LogP contribution in [0.1, 0.15) is 22.0 Å². The van der Waals surface area contributed by atoms with Crippen LogP contribution in [0.5, 0.6) is 0 Å². The van der Waals surface area contributed by atoms with E-state index in [0.29, 0.717) is 13.1 Å². The molecule has 0 unspecified atom stereocenters. The van der Waals surface area contributed by atoms with Crippen molar-refractivity contribution >= 4 is 46.9 Å². The minimum atomic E-state index is 0. The molecule has 0 radical (unpaired) electrons. The zero-order valence-corrected chi connectivity index (χ0v) is 17.1. The number of fused-ring (bicyclic) bond motifs is 1. The summed E-state index contributed by atoms with van der Waals surface area (Å²) in [7, 11) is 1.76. The third-order valence-electron chi connectivity index (χ3n) is 3.40. The van der Waals surface area contributed by atoms with Crippen LogP contribution in [0.2, 0.25) is 0 Å². The molecule has 0 spiro atoms. The van der Waals surface area contributed by atoms with E-state index in [9.17, 15) is 0 Å². The number of rotatable bonds is 4. The Morgan fingerprint density at radius 3 is 2.75 bits per heavy atom. The largest absolute Gasteiger partial charge is 0.351 e. The van der Waals surface area contributed by atoms with Gasteiger partial charge in [-0.25, -0.2) is 9.97 Å². The van der Waals surface area contributed by atoms with Crippen LogP contribution in [0, 0.1) is 13.8 Å². The molecular formula is C16H21IN6S. The molecule has 3 aromatic rings. The predicted molar refractivity (Wildman–Crippen MR) is 109 cm³/mol. The van der Waals surface area contributed by atoms with Gasteiger partial charge in [0.15, 0.2) is 5.96 Å². The van der Waals surface area contributed by atoms with Gasteiger partial charge in [-0.15, -0.1) is 35.3 Å². The lowest BCUT2D eigenvalue weighted by Crippen LogP contribution is -2.36. The summed E-state index contributed by atoms with van der Waals surface area (Å²) >= 11 is 1.65. The molecule has 0 fully saturated rings. The van der Waals surface area contributed by atoms with Crippen LogP contribution < -0.4 is 10.6 Å². The molecule has 3 rings (SSSR count). The first-order valence-corrected chi connectivity index (χ1v) is 8.32. The molecular weight excluding hydrogens is 435 g/mol. The van der Waals surface area contributed by atoms with Gasteiger partial charge in [-0.05, 0) is 31.5 Å². The molecule has 0 saturated heterocycles. The SMILES string of the molecule is CN=C(NCc1cn2ccc(C)cc2n1)NCc1nc(C)cs1.I. The molecule has 0 atom stereocenters. The van der Waals surface area contributed by atoms with Gasteiger partial charge in [0.25, 0.3) is 0 Å². The third kappa shape index (κ3) is 4.67.